The molecule has 1 aromatic heterocycles. The number of carbonyl (C=O) groups excluding carboxylic acids is 1. The van der Waals surface area contributed by atoms with E-state index in [1.165, 1.54) is 0 Å². The Bertz CT molecular complexity index is 358. The second-order valence-electron chi connectivity index (χ2n) is 3.93. The normalized spacial score (nSPS) is 16.4. The first kappa shape index (κ1) is 11.5. The van der Waals surface area contributed by atoms with E-state index < -0.39 is 0 Å². The highest BCUT2D eigenvalue weighted by atomic mass is 32.2. The number of aromatic nitrogens is 2. The standard InChI is InChI=1S/C11H17N3OS/c1-2-3-9-8-10(13-12-9)11(15)14-4-6-16-7-5-14/h8H,2-7H2,1H3,(H,12,13). The maximum absolute atomic E-state index is 12.1. The lowest BCUT2D eigenvalue weighted by Gasteiger charge is -2.25. The maximum Gasteiger partial charge on any atom is 0.274 e. The van der Waals surface area contributed by atoms with Crippen LogP contribution in [0.25, 0.3) is 0 Å². The fraction of sp³-hybridized carbons (Fsp3) is 0.636. The van der Waals surface area contributed by atoms with E-state index in [2.05, 4.69) is 17.1 Å². The summed E-state index contributed by atoms with van der Waals surface area (Å²) in [5.74, 6) is 2.15. The van der Waals surface area contributed by atoms with E-state index in [1.807, 2.05) is 22.7 Å². The Morgan fingerprint density at radius 2 is 2.31 bits per heavy atom. The Morgan fingerprint density at radius 1 is 1.56 bits per heavy atom. The Labute approximate surface area is 99.8 Å². The van der Waals surface area contributed by atoms with E-state index in [9.17, 15) is 4.79 Å². The van der Waals surface area contributed by atoms with Crippen LogP contribution in [-0.4, -0.2) is 45.6 Å². The van der Waals surface area contributed by atoms with Crippen molar-refractivity contribution in [3.8, 4) is 0 Å². The third-order valence-corrected chi connectivity index (χ3v) is 3.61. The van der Waals surface area contributed by atoms with Gasteiger partial charge in [0, 0.05) is 30.3 Å². The number of amides is 1. The highest BCUT2D eigenvalue weighted by Crippen LogP contribution is 2.12. The highest BCUT2D eigenvalue weighted by molar-refractivity contribution is 7.99. The lowest BCUT2D eigenvalue weighted by molar-refractivity contribution is 0.0766. The molecule has 1 saturated heterocycles. The molecule has 0 atom stereocenters. The minimum absolute atomic E-state index is 0.0684. The smallest absolute Gasteiger partial charge is 0.274 e. The van der Waals surface area contributed by atoms with Crippen LogP contribution in [0.4, 0.5) is 0 Å². The van der Waals surface area contributed by atoms with Crippen molar-refractivity contribution in [3.63, 3.8) is 0 Å². The first-order valence-electron chi connectivity index (χ1n) is 5.72. The number of aryl methyl sites for hydroxylation is 1. The number of hydrogen-bond donors (Lipinski definition) is 1. The van der Waals surface area contributed by atoms with Crippen LogP contribution in [0.15, 0.2) is 6.07 Å². The topological polar surface area (TPSA) is 49.0 Å². The largest absolute Gasteiger partial charge is 0.336 e. The van der Waals surface area contributed by atoms with E-state index in [0.717, 1.165) is 43.1 Å². The molecule has 5 heteroatoms. The van der Waals surface area contributed by atoms with Crippen molar-refractivity contribution >= 4 is 17.7 Å². The molecule has 4 nitrogen and oxygen atoms in total. The Hall–Kier alpha value is -0.970. The summed E-state index contributed by atoms with van der Waals surface area (Å²) in [7, 11) is 0. The molecule has 0 aromatic carbocycles. The summed E-state index contributed by atoms with van der Waals surface area (Å²) in [5, 5.41) is 7.01. The molecule has 0 bridgehead atoms. The van der Waals surface area contributed by atoms with Crippen LogP contribution in [0, 0.1) is 0 Å². The summed E-state index contributed by atoms with van der Waals surface area (Å²) < 4.78 is 0. The Morgan fingerprint density at radius 3 is 3.00 bits per heavy atom. The minimum atomic E-state index is 0.0684. The van der Waals surface area contributed by atoms with Gasteiger partial charge in [-0.05, 0) is 12.5 Å². The molecule has 1 fully saturated rings. The molecule has 1 aliphatic heterocycles. The monoisotopic (exact) mass is 239 g/mol. The Kier molecular flexibility index (Phi) is 3.88. The van der Waals surface area contributed by atoms with E-state index in [-0.39, 0.29) is 5.91 Å². The van der Waals surface area contributed by atoms with Gasteiger partial charge in [-0.3, -0.25) is 9.89 Å². The van der Waals surface area contributed by atoms with E-state index in [4.69, 9.17) is 0 Å². The van der Waals surface area contributed by atoms with Crippen LogP contribution in [0.1, 0.15) is 29.5 Å². The Balaban J connectivity index is 2.01. The zero-order valence-corrected chi connectivity index (χ0v) is 10.3. The number of H-pyrrole nitrogens is 1. The highest BCUT2D eigenvalue weighted by Gasteiger charge is 2.20. The molecule has 1 amide bonds. The number of aromatic amines is 1. The second kappa shape index (κ2) is 5.39. The summed E-state index contributed by atoms with van der Waals surface area (Å²) >= 11 is 1.90. The van der Waals surface area contributed by atoms with Gasteiger partial charge in [-0.25, -0.2) is 0 Å². The van der Waals surface area contributed by atoms with Gasteiger partial charge in [0.2, 0.25) is 0 Å². The molecule has 1 aliphatic rings. The molecule has 0 spiro atoms. The predicted octanol–water partition coefficient (Wildman–Crippen LogP) is 1.55. The van der Waals surface area contributed by atoms with Gasteiger partial charge < -0.3 is 4.90 Å². The molecule has 0 radical (unpaired) electrons. The lowest BCUT2D eigenvalue weighted by atomic mass is 10.2. The number of nitrogens with zero attached hydrogens (tertiary/aromatic N) is 2. The van der Waals surface area contributed by atoms with E-state index in [0.29, 0.717) is 5.69 Å². The molecule has 2 rings (SSSR count). The quantitative estimate of drug-likeness (QED) is 0.870. The average molecular weight is 239 g/mol. The van der Waals surface area contributed by atoms with Crippen molar-refractivity contribution < 1.29 is 4.79 Å². The van der Waals surface area contributed by atoms with Gasteiger partial charge in [0.05, 0.1) is 0 Å². The summed E-state index contributed by atoms with van der Waals surface area (Å²) in [6.45, 7) is 3.81. The lowest BCUT2D eigenvalue weighted by Crippen LogP contribution is -2.38. The third-order valence-electron chi connectivity index (χ3n) is 2.67. The fourth-order valence-corrected chi connectivity index (χ4v) is 2.70. The molecule has 0 unspecified atom stereocenters. The number of carbonyl (C=O) groups is 1. The van der Waals surface area contributed by atoms with Crippen molar-refractivity contribution in [1.82, 2.24) is 15.1 Å². The summed E-state index contributed by atoms with van der Waals surface area (Å²) in [5.41, 5.74) is 1.62. The fourth-order valence-electron chi connectivity index (χ4n) is 1.80. The van der Waals surface area contributed by atoms with E-state index >= 15 is 0 Å². The zero-order chi connectivity index (χ0) is 11.4. The molecular weight excluding hydrogens is 222 g/mol. The van der Waals surface area contributed by atoms with Crippen LogP contribution in [0.3, 0.4) is 0 Å². The molecule has 0 saturated carbocycles. The van der Waals surface area contributed by atoms with Crippen molar-refractivity contribution in [2.75, 3.05) is 24.6 Å². The second-order valence-corrected chi connectivity index (χ2v) is 5.16. The van der Waals surface area contributed by atoms with Gasteiger partial charge in [-0.15, -0.1) is 0 Å². The molecule has 0 aliphatic carbocycles. The zero-order valence-electron chi connectivity index (χ0n) is 9.53. The molecular formula is C11H17N3OS. The molecule has 88 valence electrons. The SMILES string of the molecule is CCCc1cc(C(=O)N2CCSCC2)n[nH]1. The number of rotatable bonds is 3. The molecule has 1 aromatic rings. The summed E-state index contributed by atoms with van der Waals surface area (Å²) in [6.07, 6.45) is 2.02. The van der Waals surface area contributed by atoms with Gasteiger partial charge in [-0.2, -0.15) is 16.9 Å². The molecule has 16 heavy (non-hydrogen) atoms. The first-order chi connectivity index (χ1) is 7.81. The van der Waals surface area contributed by atoms with Crippen LogP contribution >= 0.6 is 11.8 Å². The van der Waals surface area contributed by atoms with Crippen molar-refractivity contribution in [2.24, 2.45) is 0 Å². The van der Waals surface area contributed by atoms with Gasteiger partial charge in [0.25, 0.3) is 5.91 Å². The number of hydrogen-bond acceptors (Lipinski definition) is 3. The van der Waals surface area contributed by atoms with Crippen molar-refractivity contribution in [1.29, 1.82) is 0 Å². The summed E-state index contributed by atoms with van der Waals surface area (Å²) in [6, 6.07) is 1.88. The van der Waals surface area contributed by atoms with Crippen LogP contribution in [0.2, 0.25) is 0 Å². The van der Waals surface area contributed by atoms with Crippen LogP contribution in [-0.2, 0) is 6.42 Å². The average Bonchev–Trinajstić information content (AvgIpc) is 2.78. The van der Waals surface area contributed by atoms with Gasteiger partial charge in [-0.1, -0.05) is 13.3 Å². The summed E-state index contributed by atoms with van der Waals surface area (Å²) in [4.78, 5) is 13.9. The van der Waals surface area contributed by atoms with Crippen molar-refractivity contribution in [2.45, 2.75) is 19.8 Å². The van der Waals surface area contributed by atoms with Crippen molar-refractivity contribution in [3.05, 3.63) is 17.5 Å². The maximum atomic E-state index is 12.1. The van der Waals surface area contributed by atoms with Crippen LogP contribution < -0.4 is 0 Å². The number of nitrogens with one attached hydrogen (secondary N) is 1. The van der Waals surface area contributed by atoms with Gasteiger partial charge >= 0.3 is 0 Å². The minimum Gasteiger partial charge on any atom is -0.336 e. The number of thioether (sulfide) groups is 1. The predicted molar refractivity (Wildman–Crippen MR) is 65.8 cm³/mol. The first-order valence-corrected chi connectivity index (χ1v) is 6.88. The van der Waals surface area contributed by atoms with Gasteiger partial charge in [0.15, 0.2) is 0 Å². The van der Waals surface area contributed by atoms with E-state index in [1.54, 1.807) is 0 Å². The molecule has 2 heterocycles. The molecule has 1 N–H and O–H groups in total. The van der Waals surface area contributed by atoms with Gasteiger partial charge in [0.1, 0.15) is 5.69 Å². The van der Waals surface area contributed by atoms with Crippen LogP contribution in [0.5, 0.6) is 0 Å². The third kappa shape index (κ3) is 2.58.